The minimum atomic E-state index is -4.67. The van der Waals surface area contributed by atoms with Gasteiger partial charge in [-0.1, -0.05) is 0 Å². The van der Waals surface area contributed by atoms with Gasteiger partial charge in [0.2, 0.25) is 0 Å². The highest BCUT2D eigenvalue weighted by molar-refractivity contribution is 7.79. The van der Waals surface area contributed by atoms with Gasteiger partial charge in [0.15, 0.2) is 0 Å². The van der Waals surface area contributed by atoms with Gasteiger partial charge in [0, 0.05) is 17.1 Å². The Kier molecular flexibility index (Phi) is 5.09. The Bertz CT molecular complexity index is 326. The van der Waals surface area contributed by atoms with Crippen molar-refractivity contribution in [3.63, 3.8) is 0 Å². The lowest BCUT2D eigenvalue weighted by Crippen LogP contribution is -2.61. The fraction of sp³-hybridized carbons (Fsp3) is 1.00. The van der Waals surface area contributed by atoms with Gasteiger partial charge < -0.3 is 10.9 Å². The number of nitrogens with zero attached hydrogens (tertiary/aromatic N) is 1. The van der Waals surface area contributed by atoms with Gasteiger partial charge in [0.25, 0.3) is 0 Å². The highest BCUT2D eigenvalue weighted by atomic mass is 32.3. The fourth-order valence-electron chi connectivity index (χ4n) is 2.35. The molecule has 8 heteroatoms. The Hall–Kier alpha value is -0.250. The van der Waals surface area contributed by atoms with Crippen molar-refractivity contribution in [3.05, 3.63) is 0 Å². The summed E-state index contributed by atoms with van der Waals surface area (Å²) in [5.74, 6) is 0. The van der Waals surface area contributed by atoms with Crippen molar-refractivity contribution in [2.45, 2.75) is 57.7 Å². The summed E-state index contributed by atoms with van der Waals surface area (Å²) in [6.45, 7) is 8.09. The number of piperidine rings is 1. The molecule has 0 aromatic carbocycles. The first-order valence-electron chi connectivity index (χ1n) is 5.20. The Morgan fingerprint density at radius 3 is 1.59 bits per heavy atom. The normalized spacial score (nSPS) is 24.9. The average molecular weight is 270 g/mol. The van der Waals surface area contributed by atoms with E-state index in [2.05, 4.69) is 0 Å². The molecule has 17 heavy (non-hydrogen) atoms. The SMILES string of the molecule is CC1(C)CC(N)CC(C)(C)N1O.O=S(=O)(O)O. The van der Waals surface area contributed by atoms with Gasteiger partial charge in [-0.2, -0.15) is 13.5 Å². The van der Waals surface area contributed by atoms with E-state index in [1.54, 1.807) is 0 Å². The Morgan fingerprint density at radius 2 is 1.35 bits per heavy atom. The number of hydrogen-bond acceptors (Lipinski definition) is 5. The van der Waals surface area contributed by atoms with E-state index >= 15 is 0 Å². The standard InChI is InChI=1S/C9H20N2O.H2O4S/c1-8(2)5-7(10)6-9(3,4)11(8)12;1-5(2,3)4/h7,12H,5-6,10H2,1-4H3;(H2,1,2,3,4). The maximum atomic E-state index is 9.86. The summed E-state index contributed by atoms with van der Waals surface area (Å²) in [6.07, 6.45) is 1.71. The van der Waals surface area contributed by atoms with Crippen molar-refractivity contribution in [2.75, 3.05) is 0 Å². The van der Waals surface area contributed by atoms with Crippen LogP contribution in [0.5, 0.6) is 0 Å². The lowest BCUT2D eigenvalue weighted by Gasteiger charge is -2.50. The van der Waals surface area contributed by atoms with E-state index in [1.165, 1.54) is 5.06 Å². The number of rotatable bonds is 0. The Labute approximate surface area is 102 Å². The maximum Gasteiger partial charge on any atom is 0.394 e. The van der Waals surface area contributed by atoms with E-state index in [9.17, 15) is 5.21 Å². The van der Waals surface area contributed by atoms with Gasteiger partial charge in [-0.15, -0.1) is 0 Å². The van der Waals surface area contributed by atoms with Crippen LogP contribution in [-0.2, 0) is 10.4 Å². The predicted molar refractivity (Wildman–Crippen MR) is 63.2 cm³/mol. The van der Waals surface area contributed by atoms with Crippen LogP contribution in [0, 0.1) is 0 Å². The van der Waals surface area contributed by atoms with E-state index in [-0.39, 0.29) is 17.1 Å². The van der Waals surface area contributed by atoms with Crippen molar-refractivity contribution >= 4 is 10.4 Å². The third-order valence-electron chi connectivity index (χ3n) is 2.67. The summed E-state index contributed by atoms with van der Waals surface area (Å²) in [5, 5.41) is 11.3. The van der Waals surface area contributed by atoms with Crippen molar-refractivity contribution in [1.82, 2.24) is 5.06 Å². The maximum absolute atomic E-state index is 9.86. The summed E-state index contributed by atoms with van der Waals surface area (Å²) in [6, 6.07) is 0.207. The molecule has 1 heterocycles. The third-order valence-corrected chi connectivity index (χ3v) is 2.67. The summed E-state index contributed by atoms with van der Waals surface area (Å²) in [4.78, 5) is 0. The summed E-state index contributed by atoms with van der Waals surface area (Å²) in [5.41, 5.74) is 5.52. The number of hydroxylamine groups is 2. The van der Waals surface area contributed by atoms with Gasteiger partial charge in [-0.25, -0.2) is 0 Å². The molecule has 1 rings (SSSR count). The minimum absolute atomic E-state index is 0.193. The highest BCUT2D eigenvalue weighted by Crippen LogP contribution is 2.35. The van der Waals surface area contributed by atoms with E-state index in [4.69, 9.17) is 23.3 Å². The van der Waals surface area contributed by atoms with Crippen molar-refractivity contribution < 1.29 is 22.7 Å². The van der Waals surface area contributed by atoms with Gasteiger partial charge in [-0.3, -0.25) is 9.11 Å². The zero-order valence-electron chi connectivity index (χ0n) is 10.6. The van der Waals surface area contributed by atoms with Crippen LogP contribution >= 0.6 is 0 Å². The number of hydrogen-bond donors (Lipinski definition) is 4. The van der Waals surface area contributed by atoms with Gasteiger partial charge >= 0.3 is 10.4 Å². The Morgan fingerprint density at radius 1 is 1.12 bits per heavy atom. The molecule has 0 radical (unpaired) electrons. The molecule has 1 aliphatic heterocycles. The molecule has 0 bridgehead atoms. The highest BCUT2D eigenvalue weighted by Gasteiger charge is 2.43. The number of nitrogens with two attached hydrogens (primary N) is 1. The molecule has 0 unspecified atom stereocenters. The lowest BCUT2D eigenvalue weighted by molar-refractivity contribution is -0.244. The molecule has 1 saturated heterocycles. The molecule has 1 aliphatic rings. The fourth-order valence-corrected chi connectivity index (χ4v) is 2.35. The second-order valence-electron chi connectivity index (χ2n) is 5.55. The van der Waals surface area contributed by atoms with E-state index in [1.807, 2.05) is 27.7 Å². The van der Waals surface area contributed by atoms with Crippen LogP contribution in [0.3, 0.4) is 0 Å². The van der Waals surface area contributed by atoms with Gasteiger partial charge in [0.1, 0.15) is 0 Å². The van der Waals surface area contributed by atoms with Gasteiger partial charge in [-0.05, 0) is 40.5 Å². The van der Waals surface area contributed by atoms with Crippen LogP contribution in [0.15, 0.2) is 0 Å². The topological polar surface area (TPSA) is 124 Å². The van der Waals surface area contributed by atoms with Crippen molar-refractivity contribution in [3.8, 4) is 0 Å². The Balaban J connectivity index is 0.000000437. The summed E-state index contributed by atoms with van der Waals surface area (Å²) in [7, 11) is -4.67. The zero-order chi connectivity index (χ0) is 14.1. The van der Waals surface area contributed by atoms with Gasteiger partial charge in [0.05, 0.1) is 0 Å². The van der Waals surface area contributed by atoms with E-state index < -0.39 is 10.4 Å². The molecule has 0 saturated carbocycles. The van der Waals surface area contributed by atoms with Crippen LogP contribution in [-0.4, -0.2) is 44.9 Å². The van der Waals surface area contributed by atoms with Crippen LogP contribution in [0.1, 0.15) is 40.5 Å². The molecule has 0 atom stereocenters. The average Bonchev–Trinajstić information content (AvgIpc) is 1.94. The minimum Gasteiger partial charge on any atom is -0.328 e. The molecular weight excluding hydrogens is 248 g/mol. The first-order valence-corrected chi connectivity index (χ1v) is 6.60. The largest absolute Gasteiger partial charge is 0.394 e. The van der Waals surface area contributed by atoms with Crippen molar-refractivity contribution in [2.24, 2.45) is 5.73 Å². The molecular formula is C9H22N2O5S. The summed E-state index contributed by atoms with van der Waals surface area (Å²) >= 11 is 0. The third kappa shape index (κ3) is 6.29. The quantitative estimate of drug-likeness (QED) is 0.478. The van der Waals surface area contributed by atoms with E-state index in [0.29, 0.717) is 0 Å². The second-order valence-corrected chi connectivity index (χ2v) is 6.45. The molecule has 0 aromatic rings. The molecule has 5 N–H and O–H groups in total. The first kappa shape index (κ1) is 16.8. The van der Waals surface area contributed by atoms with Crippen LogP contribution in [0.25, 0.3) is 0 Å². The molecule has 104 valence electrons. The smallest absolute Gasteiger partial charge is 0.328 e. The van der Waals surface area contributed by atoms with Crippen LogP contribution in [0.2, 0.25) is 0 Å². The molecule has 7 nitrogen and oxygen atoms in total. The molecule has 0 aromatic heterocycles. The zero-order valence-corrected chi connectivity index (χ0v) is 11.4. The molecule has 0 aliphatic carbocycles. The predicted octanol–water partition coefficient (Wildman–Crippen LogP) is 0.703. The first-order chi connectivity index (χ1) is 7.26. The monoisotopic (exact) mass is 270 g/mol. The van der Waals surface area contributed by atoms with Crippen molar-refractivity contribution in [1.29, 1.82) is 0 Å². The second kappa shape index (κ2) is 5.17. The van der Waals surface area contributed by atoms with Crippen LogP contribution < -0.4 is 5.73 Å². The van der Waals surface area contributed by atoms with E-state index in [0.717, 1.165) is 12.8 Å². The lowest BCUT2D eigenvalue weighted by atomic mass is 9.79. The summed E-state index contributed by atoms with van der Waals surface area (Å²) < 4.78 is 31.6. The molecule has 1 fully saturated rings. The molecule has 0 amide bonds. The van der Waals surface area contributed by atoms with Crippen LogP contribution in [0.4, 0.5) is 0 Å². The molecule has 0 spiro atoms.